The van der Waals surface area contributed by atoms with Crippen molar-refractivity contribution in [1.29, 1.82) is 0 Å². The molecule has 0 aliphatic heterocycles. The molecule has 1 atom stereocenters. The van der Waals surface area contributed by atoms with Crippen LogP contribution >= 0.6 is 23.2 Å². The molecule has 7 nitrogen and oxygen atoms in total. The number of benzene rings is 1. The van der Waals surface area contributed by atoms with Crippen molar-refractivity contribution in [3.05, 3.63) is 40.1 Å². The van der Waals surface area contributed by atoms with Gasteiger partial charge < -0.3 is 18.8 Å². The van der Waals surface area contributed by atoms with Gasteiger partial charge in [0.15, 0.2) is 14.1 Å². The van der Waals surface area contributed by atoms with E-state index in [1.165, 1.54) is 4.90 Å². The molecule has 1 aromatic heterocycles. The van der Waals surface area contributed by atoms with Crippen LogP contribution in [0.15, 0.2) is 24.3 Å². The molecule has 0 fully saturated rings. The van der Waals surface area contributed by atoms with Crippen LogP contribution in [-0.4, -0.2) is 61.2 Å². The van der Waals surface area contributed by atoms with Crippen molar-refractivity contribution in [2.75, 3.05) is 20.2 Å². The molecule has 0 radical (unpaired) electrons. The average Bonchev–Trinajstić information content (AvgIpc) is 2.73. The normalized spacial score (nSPS) is 13.3. The minimum Gasteiger partial charge on any atom is -0.491 e. The highest BCUT2D eigenvalue weighted by atomic mass is 35.5. The molecule has 2 rings (SSSR count). The lowest BCUT2D eigenvalue weighted by molar-refractivity contribution is 0.0172. The number of carbonyl (C=O) groups excluding carboxylic acids is 1. The van der Waals surface area contributed by atoms with Gasteiger partial charge in [-0.05, 0) is 58.0 Å². The van der Waals surface area contributed by atoms with Crippen LogP contribution in [0.2, 0.25) is 28.4 Å². The fraction of sp³-hybridized carbons (Fsp3) is 0.577. The Morgan fingerprint density at radius 3 is 2.19 bits per heavy atom. The average molecular weight is 557 g/mol. The van der Waals surface area contributed by atoms with E-state index in [9.17, 15) is 4.79 Å². The molecule has 0 saturated carbocycles. The van der Waals surface area contributed by atoms with Gasteiger partial charge in [-0.25, -0.2) is 14.8 Å². The van der Waals surface area contributed by atoms with Gasteiger partial charge in [0, 0.05) is 18.2 Å². The van der Waals surface area contributed by atoms with Crippen LogP contribution in [0.3, 0.4) is 0 Å². The van der Waals surface area contributed by atoms with Crippen LogP contribution in [0.4, 0.5) is 4.79 Å². The Morgan fingerprint density at radius 2 is 1.67 bits per heavy atom. The zero-order valence-corrected chi connectivity index (χ0v) is 25.5. The molecule has 0 aliphatic carbocycles. The topological polar surface area (TPSA) is 73.8 Å². The van der Waals surface area contributed by atoms with E-state index >= 15 is 0 Å². The van der Waals surface area contributed by atoms with Crippen LogP contribution in [-0.2, 0) is 9.16 Å². The standard InChI is InChI=1S/C26H39Cl2N3O4Si/c1-17-21(27)29-23(30-22(17)28)18-12-11-13-19(14-18)33-16-20(35-36(9,10)26(5,6)7)15-31(8)24(32)34-25(2,3)4/h11-14,20H,15-16H2,1-10H3/t20-/m0/s1. The molecule has 1 heterocycles. The summed E-state index contributed by atoms with van der Waals surface area (Å²) in [5.41, 5.74) is 0.778. The first-order valence-electron chi connectivity index (χ1n) is 11.9. The summed E-state index contributed by atoms with van der Waals surface area (Å²) in [7, 11) is -0.437. The van der Waals surface area contributed by atoms with Gasteiger partial charge in [-0.15, -0.1) is 0 Å². The SMILES string of the molecule is Cc1c(Cl)nc(-c2cccc(OC[C@H](CN(C)C(=O)OC(C)(C)C)O[Si](C)(C)C(C)(C)C)c2)nc1Cl. The number of rotatable bonds is 8. The van der Waals surface area contributed by atoms with Crippen LogP contribution in [0.1, 0.15) is 47.1 Å². The van der Waals surface area contributed by atoms with E-state index in [-0.39, 0.29) is 17.7 Å². The quantitative estimate of drug-likeness (QED) is 0.249. The van der Waals surface area contributed by atoms with Crippen molar-refractivity contribution in [1.82, 2.24) is 14.9 Å². The summed E-state index contributed by atoms with van der Waals surface area (Å²) in [6, 6.07) is 7.40. The first-order chi connectivity index (χ1) is 16.4. The summed E-state index contributed by atoms with van der Waals surface area (Å²) >= 11 is 12.4. The van der Waals surface area contributed by atoms with Crippen LogP contribution in [0.25, 0.3) is 11.4 Å². The molecule has 10 heteroatoms. The second-order valence-corrected chi connectivity index (χ2v) is 16.9. The minimum absolute atomic E-state index is 0.00300. The highest BCUT2D eigenvalue weighted by Gasteiger charge is 2.40. The number of carbonyl (C=O) groups is 1. The number of likely N-dealkylation sites (N-methyl/N-ethyl adjacent to an activating group) is 1. The minimum atomic E-state index is -2.14. The van der Waals surface area contributed by atoms with Crippen molar-refractivity contribution >= 4 is 37.6 Å². The number of hydrogen-bond donors (Lipinski definition) is 0. The lowest BCUT2D eigenvalue weighted by Gasteiger charge is -2.40. The van der Waals surface area contributed by atoms with E-state index in [0.29, 0.717) is 34.0 Å². The van der Waals surface area contributed by atoms with Crippen molar-refractivity contribution in [2.45, 2.75) is 78.3 Å². The number of ether oxygens (including phenoxy) is 2. The van der Waals surface area contributed by atoms with Crippen molar-refractivity contribution in [3.63, 3.8) is 0 Å². The molecule has 200 valence electrons. The van der Waals surface area contributed by atoms with Gasteiger partial charge in [0.2, 0.25) is 0 Å². The molecule has 1 amide bonds. The monoisotopic (exact) mass is 555 g/mol. The molecule has 0 bridgehead atoms. The third kappa shape index (κ3) is 8.61. The van der Waals surface area contributed by atoms with Gasteiger partial charge >= 0.3 is 6.09 Å². The van der Waals surface area contributed by atoms with Crippen molar-refractivity contribution < 1.29 is 18.7 Å². The van der Waals surface area contributed by atoms with E-state index in [2.05, 4.69) is 43.8 Å². The summed E-state index contributed by atoms with van der Waals surface area (Å²) < 4.78 is 18.3. The molecule has 1 aromatic carbocycles. The Balaban J connectivity index is 2.23. The van der Waals surface area contributed by atoms with Crippen molar-refractivity contribution in [2.24, 2.45) is 0 Å². The molecule has 0 spiro atoms. The second-order valence-electron chi connectivity index (χ2n) is 11.5. The smallest absolute Gasteiger partial charge is 0.410 e. The molecule has 0 aliphatic rings. The zero-order valence-electron chi connectivity index (χ0n) is 23.0. The maximum Gasteiger partial charge on any atom is 0.410 e. The lowest BCUT2D eigenvalue weighted by Crippen LogP contribution is -2.49. The first-order valence-corrected chi connectivity index (χ1v) is 15.6. The van der Waals surface area contributed by atoms with Gasteiger partial charge in [0.05, 0.1) is 12.6 Å². The maximum absolute atomic E-state index is 12.6. The van der Waals surface area contributed by atoms with Crippen LogP contribution in [0.5, 0.6) is 5.75 Å². The van der Waals surface area contributed by atoms with Gasteiger partial charge in [-0.2, -0.15) is 0 Å². The number of aromatic nitrogens is 2. The van der Waals surface area contributed by atoms with E-state index in [1.54, 1.807) is 14.0 Å². The molecule has 0 saturated heterocycles. The fourth-order valence-electron chi connectivity index (χ4n) is 2.94. The number of hydrogen-bond acceptors (Lipinski definition) is 6. The van der Waals surface area contributed by atoms with Crippen molar-refractivity contribution in [3.8, 4) is 17.1 Å². The molecular weight excluding hydrogens is 517 g/mol. The molecule has 2 aromatic rings. The summed E-state index contributed by atoms with van der Waals surface area (Å²) in [6.07, 6.45) is -0.759. The zero-order chi connectivity index (χ0) is 27.5. The summed E-state index contributed by atoms with van der Waals surface area (Å²) in [4.78, 5) is 22.8. The van der Waals surface area contributed by atoms with E-state index in [4.69, 9.17) is 37.1 Å². The van der Waals surface area contributed by atoms with Gasteiger partial charge in [-0.3, -0.25) is 0 Å². The first kappa shape index (κ1) is 30.4. The second kappa shape index (κ2) is 11.7. The number of amides is 1. The van der Waals surface area contributed by atoms with Gasteiger partial charge in [0.1, 0.15) is 28.3 Å². The number of halogens is 2. The van der Waals surface area contributed by atoms with E-state index < -0.39 is 20.0 Å². The summed E-state index contributed by atoms with van der Waals surface area (Å²) in [5, 5.41) is 0.616. The highest BCUT2D eigenvalue weighted by Crippen LogP contribution is 2.37. The Morgan fingerprint density at radius 1 is 1.08 bits per heavy atom. The third-order valence-corrected chi connectivity index (χ3v) is 11.3. The Hall–Kier alpha value is -1.87. The van der Waals surface area contributed by atoms with E-state index in [1.807, 2.05) is 45.0 Å². The van der Waals surface area contributed by atoms with Gasteiger partial charge in [-0.1, -0.05) is 56.1 Å². The molecular formula is C26H39Cl2N3O4Si. The maximum atomic E-state index is 12.6. The Labute approximate surface area is 226 Å². The lowest BCUT2D eigenvalue weighted by atomic mass is 10.2. The summed E-state index contributed by atoms with van der Waals surface area (Å²) in [6.45, 7) is 18.8. The predicted molar refractivity (Wildman–Crippen MR) is 149 cm³/mol. The largest absolute Gasteiger partial charge is 0.491 e. The molecule has 0 unspecified atom stereocenters. The Kier molecular flexibility index (Phi) is 9.84. The third-order valence-electron chi connectivity index (χ3n) is 6.01. The molecule has 36 heavy (non-hydrogen) atoms. The predicted octanol–water partition coefficient (Wildman–Crippen LogP) is 7.39. The molecule has 0 N–H and O–H groups in total. The van der Waals surface area contributed by atoms with Gasteiger partial charge in [0.25, 0.3) is 0 Å². The van der Waals surface area contributed by atoms with Crippen LogP contribution < -0.4 is 4.74 Å². The number of nitrogens with zero attached hydrogens (tertiary/aromatic N) is 3. The highest BCUT2D eigenvalue weighted by molar-refractivity contribution is 6.74. The summed E-state index contributed by atoms with van der Waals surface area (Å²) in [5.74, 6) is 1.03. The fourth-order valence-corrected chi connectivity index (χ4v) is 4.66. The van der Waals surface area contributed by atoms with E-state index in [0.717, 1.165) is 5.56 Å². The Bertz CT molecular complexity index is 1040. The van der Waals surface area contributed by atoms with Crippen LogP contribution in [0, 0.1) is 6.92 Å².